The minimum Gasteiger partial charge on any atom is -0.496 e. The van der Waals surface area contributed by atoms with Gasteiger partial charge in [-0.15, -0.1) is 0 Å². The molecule has 0 unspecified atom stereocenters. The Morgan fingerprint density at radius 3 is 2.36 bits per heavy atom. The molecule has 1 saturated heterocycles. The SMILES string of the molecule is COC1=C(C)C(=O)[C@H]2[C@@H]3[C@@]2(C(=O)OC(C)(C)C)C(=O)O[C@]13C. The van der Waals surface area contributed by atoms with E-state index in [9.17, 15) is 14.4 Å². The molecule has 22 heavy (non-hydrogen) atoms. The molecule has 0 aromatic heterocycles. The molecule has 2 aliphatic carbocycles. The first-order chi connectivity index (χ1) is 10.0. The fourth-order valence-electron chi connectivity index (χ4n) is 4.05. The van der Waals surface area contributed by atoms with E-state index in [1.807, 2.05) is 0 Å². The number of hydrogen-bond donors (Lipinski definition) is 0. The van der Waals surface area contributed by atoms with E-state index in [1.165, 1.54) is 7.11 Å². The third-order valence-electron chi connectivity index (χ3n) is 4.83. The van der Waals surface area contributed by atoms with Crippen molar-refractivity contribution in [2.75, 3.05) is 7.11 Å². The minimum absolute atomic E-state index is 0.234. The average molecular weight is 308 g/mol. The van der Waals surface area contributed by atoms with Crippen molar-refractivity contribution < 1.29 is 28.6 Å². The lowest BCUT2D eigenvalue weighted by Gasteiger charge is -2.33. The summed E-state index contributed by atoms with van der Waals surface area (Å²) in [6.07, 6.45) is 0. The highest BCUT2D eigenvalue weighted by molar-refractivity contribution is 6.18. The summed E-state index contributed by atoms with van der Waals surface area (Å²) in [5.41, 5.74) is -2.93. The number of hydrogen-bond acceptors (Lipinski definition) is 6. The molecule has 3 aliphatic rings. The van der Waals surface area contributed by atoms with Gasteiger partial charge in [-0.3, -0.25) is 14.4 Å². The number of Topliss-reactive ketones (excluding diaryl/α,β-unsaturated/α-hetero) is 1. The van der Waals surface area contributed by atoms with E-state index in [4.69, 9.17) is 14.2 Å². The molecular weight excluding hydrogens is 288 g/mol. The van der Waals surface area contributed by atoms with E-state index >= 15 is 0 Å². The first-order valence-electron chi connectivity index (χ1n) is 7.28. The molecule has 3 rings (SSSR count). The standard InChI is InChI=1S/C16H20O6/c1-7-9(17)8-10-15(5,11(7)20-6)22-13(19)16(8,10)12(18)21-14(2,3)4/h8,10H,1-6H3/t8-,10-,15-,16-/m0/s1. The Labute approximate surface area is 128 Å². The molecule has 0 N–H and O–H groups in total. The van der Waals surface area contributed by atoms with Crippen LogP contribution in [0.25, 0.3) is 0 Å². The molecule has 6 nitrogen and oxygen atoms in total. The number of esters is 2. The number of carbonyl (C=O) groups is 3. The van der Waals surface area contributed by atoms with Gasteiger partial charge in [-0.25, -0.2) is 0 Å². The molecule has 0 spiro atoms. The van der Waals surface area contributed by atoms with Gasteiger partial charge in [0.05, 0.1) is 13.0 Å². The number of fused-ring (bicyclic) bond motifs is 1. The highest BCUT2D eigenvalue weighted by atomic mass is 16.6. The fraction of sp³-hybridized carbons (Fsp3) is 0.688. The van der Waals surface area contributed by atoms with E-state index in [1.54, 1.807) is 34.6 Å². The summed E-state index contributed by atoms with van der Waals surface area (Å²) in [6.45, 7) is 8.49. The lowest BCUT2D eigenvalue weighted by Crippen LogP contribution is -2.42. The maximum Gasteiger partial charge on any atom is 0.325 e. The highest BCUT2D eigenvalue weighted by Crippen LogP contribution is 2.74. The van der Waals surface area contributed by atoms with E-state index in [-0.39, 0.29) is 5.78 Å². The first kappa shape index (κ1) is 15.1. The van der Waals surface area contributed by atoms with E-state index in [2.05, 4.69) is 0 Å². The van der Waals surface area contributed by atoms with Crippen LogP contribution in [-0.4, -0.2) is 36.0 Å². The molecule has 1 aliphatic heterocycles. The zero-order valence-corrected chi connectivity index (χ0v) is 13.6. The molecule has 1 saturated carbocycles. The maximum absolute atomic E-state index is 12.6. The Morgan fingerprint density at radius 2 is 1.86 bits per heavy atom. The van der Waals surface area contributed by atoms with Gasteiger partial charge in [0.15, 0.2) is 16.8 Å². The van der Waals surface area contributed by atoms with E-state index in [0.717, 1.165) is 0 Å². The van der Waals surface area contributed by atoms with Crippen molar-refractivity contribution in [3.8, 4) is 0 Å². The molecule has 1 heterocycles. The Kier molecular flexibility index (Phi) is 2.68. The van der Waals surface area contributed by atoms with E-state index in [0.29, 0.717) is 11.3 Å². The molecular formula is C16H20O6. The van der Waals surface area contributed by atoms with Gasteiger partial charge in [0.2, 0.25) is 0 Å². The van der Waals surface area contributed by atoms with Gasteiger partial charge in [-0.1, -0.05) is 0 Å². The number of carbonyl (C=O) groups excluding carboxylic acids is 3. The van der Waals surface area contributed by atoms with Gasteiger partial charge in [0.1, 0.15) is 11.4 Å². The molecule has 120 valence electrons. The van der Waals surface area contributed by atoms with Crippen LogP contribution >= 0.6 is 0 Å². The summed E-state index contributed by atoms with van der Waals surface area (Å²) >= 11 is 0. The Hall–Kier alpha value is -1.85. The monoisotopic (exact) mass is 308 g/mol. The molecule has 6 heteroatoms. The summed E-state index contributed by atoms with van der Waals surface area (Å²) in [7, 11) is 1.43. The third kappa shape index (κ3) is 1.48. The summed E-state index contributed by atoms with van der Waals surface area (Å²) in [4.78, 5) is 37.6. The Morgan fingerprint density at radius 1 is 1.27 bits per heavy atom. The highest BCUT2D eigenvalue weighted by Gasteiger charge is 2.91. The van der Waals surface area contributed by atoms with Gasteiger partial charge >= 0.3 is 11.9 Å². The number of rotatable bonds is 2. The van der Waals surface area contributed by atoms with Crippen molar-refractivity contribution >= 4 is 17.7 Å². The second kappa shape index (κ2) is 3.91. The second-order valence-corrected chi connectivity index (χ2v) is 7.35. The zero-order valence-electron chi connectivity index (χ0n) is 13.6. The molecule has 4 atom stereocenters. The smallest absolute Gasteiger partial charge is 0.325 e. The van der Waals surface area contributed by atoms with Crippen LogP contribution in [0, 0.1) is 17.3 Å². The molecule has 0 radical (unpaired) electrons. The lowest BCUT2D eigenvalue weighted by atomic mass is 9.85. The van der Waals surface area contributed by atoms with Crippen molar-refractivity contribution in [3.63, 3.8) is 0 Å². The van der Waals surface area contributed by atoms with Gasteiger partial charge in [-0.2, -0.15) is 0 Å². The molecule has 0 bridgehead atoms. The second-order valence-electron chi connectivity index (χ2n) is 7.35. The van der Waals surface area contributed by atoms with Crippen molar-refractivity contribution in [1.29, 1.82) is 0 Å². The predicted octanol–water partition coefficient (Wildman–Crippen LogP) is 1.38. The average Bonchev–Trinajstić information content (AvgIpc) is 3.01. The molecule has 0 aromatic carbocycles. The van der Waals surface area contributed by atoms with Crippen LogP contribution in [0.2, 0.25) is 0 Å². The van der Waals surface area contributed by atoms with Gasteiger partial charge in [0.25, 0.3) is 0 Å². The molecule has 0 amide bonds. The number of methoxy groups -OCH3 is 1. The summed E-state index contributed by atoms with van der Waals surface area (Å²) in [5.74, 6) is -2.52. The lowest BCUT2D eigenvalue weighted by molar-refractivity contribution is -0.173. The fourth-order valence-corrected chi connectivity index (χ4v) is 4.05. The quantitative estimate of drug-likeness (QED) is 0.566. The van der Waals surface area contributed by atoms with Gasteiger partial charge in [0, 0.05) is 11.5 Å². The Balaban J connectivity index is 2.08. The Bertz CT molecular complexity index is 640. The molecule has 0 aromatic rings. The number of ether oxygens (including phenoxy) is 3. The number of allylic oxidation sites excluding steroid dienone is 1. The van der Waals surface area contributed by atoms with Crippen LogP contribution in [0.15, 0.2) is 11.3 Å². The number of ketones is 1. The largest absolute Gasteiger partial charge is 0.496 e. The summed E-state index contributed by atoms with van der Waals surface area (Å²) in [5, 5.41) is 0. The van der Waals surface area contributed by atoms with Crippen molar-refractivity contribution in [2.45, 2.75) is 45.8 Å². The topological polar surface area (TPSA) is 78.9 Å². The molecule has 2 fully saturated rings. The van der Waals surface area contributed by atoms with E-state index < -0.39 is 40.4 Å². The van der Waals surface area contributed by atoms with Gasteiger partial charge < -0.3 is 14.2 Å². The van der Waals surface area contributed by atoms with Crippen molar-refractivity contribution in [1.82, 2.24) is 0 Å². The van der Waals surface area contributed by atoms with Crippen LogP contribution in [0.4, 0.5) is 0 Å². The third-order valence-corrected chi connectivity index (χ3v) is 4.83. The van der Waals surface area contributed by atoms with Crippen LogP contribution in [-0.2, 0) is 28.6 Å². The van der Waals surface area contributed by atoms with Crippen molar-refractivity contribution in [2.24, 2.45) is 17.3 Å². The zero-order chi connectivity index (χ0) is 16.7. The van der Waals surface area contributed by atoms with Crippen LogP contribution in [0.3, 0.4) is 0 Å². The van der Waals surface area contributed by atoms with Gasteiger partial charge in [-0.05, 0) is 34.6 Å². The first-order valence-corrected chi connectivity index (χ1v) is 7.28. The van der Waals surface area contributed by atoms with Crippen LogP contribution in [0.1, 0.15) is 34.6 Å². The predicted molar refractivity (Wildman–Crippen MR) is 74.5 cm³/mol. The maximum atomic E-state index is 12.6. The van der Waals surface area contributed by atoms with Crippen LogP contribution < -0.4 is 0 Å². The minimum atomic E-state index is -1.51. The van der Waals surface area contributed by atoms with Crippen molar-refractivity contribution in [3.05, 3.63) is 11.3 Å². The summed E-state index contributed by atoms with van der Waals surface area (Å²) in [6, 6.07) is 0. The van der Waals surface area contributed by atoms with Crippen LogP contribution in [0.5, 0.6) is 0 Å². The normalized spacial score (nSPS) is 39.4. The summed E-state index contributed by atoms with van der Waals surface area (Å²) < 4.78 is 16.2.